The van der Waals surface area contributed by atoms with Crippen molar-refractivity contribution in [1.29, 1.82) is 0 Å². The topological polar surface area (TPSA) is 75.4 Å². The van der Waals surface area contributed by atoms with Gasteiger partial charge in [-0.2, -0.15) is 5.10 Å². The van der Waals surface area contributed by atoms with Crippen molar-refractivity contribution >= 4 is 41.1 Å². The maximum atomic E-state index is 12.7. The standard InChI is InChI=1S/C15H14ClN3O3S/c1-18-7-12-14(17-18)19(8-13(20)21)15(22)11(23-12)6-9-2-4-10(16)5-3-9/h2-5,7,11H,6,8H2,1H3,(H,20,21). The molecule has 1 aliphatic heterocycles. The first-order valence-corrected chi connectivity index (χ1v) is 8.17. The van der Waals surface area contributed by atoms with Crippen molar-refractivity contribution in [1.82, 2.24) is 9.78 Å². The van der Waals surface area contributed by atoms with Gasteiger partial charge in [-0.1, -0.05) is 23.7 Å². The number of halogens is 1. The van der Waals surface area contributed by atoms with Gasteiger partial charge in [-0.25, -0.2) is 0 Å². The predicted molar refractivity (Wildman–Crippen MR) is 88.0 cm³/mol. The largest absolute Gasteiger partial charge is 0.480 e. The summed E-state index contributed by atoms with van der Waals surface area (Å²) in [6.07, 6.45) is 2.31. The summed E-state index contributed by atoms with van der Waals surface area (Å²) in [5.74, 6) is -0.886. The van der Waals surface area contributed by atoms with Crippen LogP contribution >= 0.6 is 23.4 Å². The molecule has 120 valence electrons. The quantitative estimate of drug-likeness (QED) is 0.914. The Balaban J connectivity index is 1.89. The molecule has 1 aromatic heterocycles. The van der Waals surface area contributed by atoms with Gasteiger partial charge in [0.05, 0.1) is 10.1 Å². The van der Waals surface area contributed by atoms with Crippen molar-refractivity contribution in [3.63, 3.8) is 0 Å². The fraction of sp³-hybridized carbons (Fsp3) is 0.267. The number of carboxylic acid groups (broad SMARTS) is 1. The third-order valence-electron chi connectivity index (χ3n) is 3.47. The van der Waals surface area contributed by atoms with Crippen LogP contribution in [-0.4, -0.2) is 38.6 Å². The molecule has 1 amide bonds. The Morgan fingerprint density at radius 2 is 2.09 bits per heavy atom. The van der Waals surface area contributed by atoms with Crippen molar-refractivity contribution in [3.8, 4) is 0 Å². The van der Waals surface area contributed by atoms with Crippen LogP contribution in [0.2, 0.25) is 5.02 Å². The van der Waals surface area contributed by atoms with Crippen molar-refractivity contribution in [2.75, 3.05) is 11.4 Å². The number of thioether (sulfide) groups is 1. The van der Waals surface area contributed by atoms with E-state index in [0.29, 0.717) is 17.3 Å². The van der Waals surface area contributed by atoms with E-state index in [9.17, 15) is 9.59 Å². The molecule has 23 heavy (non-hydrogen) atoms. The minimum Gasteiger partial charge on any atom is -0.480 e. The Labute approximate surface area is 142 Å². The molecule has 0 radical (unpaired) electrons. The number of hydrogen-bond donors (Lipinski definition) is 1. The number of aliphatic carboxylic acids is 1. The highest BCUT2D eigenvalue weighted by Crippen LogP contribution is 2.39. The van der Waals surface area contributed by atoms with Gasteiger partial charge in [0, 0.05) is 18.3 Å². The highest BCUT2D eigenvalue weighted by molar-refractivity contribution is 8.01. The molecule has 1 atom stereocenters. The average molecular weight is 352 g/mol. The minimum atomic E-state index is -1.06. The van der Waals surface area contributed by atoms with E-state index >= 15 is 0 Å². The van der Waals surface area contributed by atoms with Crippen LogP contribution in [0.4, 0.5) is 5.82 Å². The summed E-state index contributed by atoms with van der Waals surface area (Å²) in [5, 5.41) is 13.5. The first-order chi connectivity index (χ1) is 10.9. The van der Waals surface area contributed by atoms with Gasteiger partial charge in [0.15, 0.2) is 5.82 Å². The van der Waals surface area contributed by atoms with Gasteiger partial charge in [-0.05, 0) is 24.1 Å². The van der Waals surface area contributed by atoms with Crippen LogP contribution in [0.5, 0.6) is 0 Å². The van der Waals surface area contributed by atoms with Gasteiger partial charge in [0.25, 0.3) is 0 Å². The molecule has 2 aromatic rings. The number of anilines is 1. The first kappa shape index (κ1) is 15.9. The smallest absolute Gasteiger partial charge is 0.323 e. The van der Waals surface area contributed by atoms with E-state index in [2.05, 4.69) is 5.10 Å². The summed E-state index contributed by atoms with van der Waals surface area (Å²) in [6, 6.07) is 7.30. The molecule has 1 aliphatic rings. The Hall–Kier alpha value is -1.99. The lowest BCUT2D eigenvalue weighted by Gasteiger charge is -2.29. The lowest BCUT2D eigenvalue weighted by Crippen LogP contribution is -2.44. The van der Waals surface area contributed by atoms with E-state index in [1.807, 2.05) is 12.1 Å². The number of carbonyl (C=O) groups is 2. The van der Waals surface area contributed by atoms with Gasteiger partial charge in [-0.3, -0.25) is 19.2 Å². The summed E-state index contributed by atoms with van der Waals surface area (Å²) in [5.41, 5.74) is 0.975. The number of carbonyl (C=O) groups excluding carboxylic acids is 1. The molecule has 0 saturated carbocycles. The van der Waals surface area contributed by atoms with Gasteiger partial charge >= 0.3 is 5.97 Å². The zero-order chi connectivity index (χ0) is 16.6. The molecule has 0 aliphatic carbocycles. The van der Waals surface area contributed by atoms with Crippen LogP contribution in [0.15, 0.2) is 35.4 Å². The number of hydrogen-bond acceptors (Lipinski definition) is 4. The fourth-order valence-electron chi connectivity index (χ4n) is 2.46. The SMILES string of the molecule is Cn1cc2c(n1)N(CC(=O)O)C(=O)C(Cc1ccc(Cl)cc1)S2. The fourth-order valence-corrected chi connectivity index (χ4v) is 3.86. The second-order valence-corrected chi connectivity index (χ2v) is 6.93. The Morgan fingerprint density at radius 3 is 2.74 bits per heavy atom. The van der Waals surface area contributed by atoms with Gasteiger partial charge in [-0.15, -0.1) is 11.8 Å². The molecule has 1 aromatic carbocycles. The molecule has 0 spiro atoms. The number of benzene rings is 1. The van der Waals surface area contributed by atoms with E-state index in [-0.39, 0.29) is 17.7 Å². The molecule has 8 heteroatoms. The van der Waals surface area contributed by atoms with Crippen molar-refractivity contribution in [2.45, 2.75) is 16.6 Å². The van der Waals surface area contributed by atoms with Gasteiger partial charge < -0.3 is 5.11 Å². The van der Waals surface area contributed by atoms with Crippen LogP contribution < -0.4 is 4.90 Å². The molecule has 6 nitrogen and oxygen atoms in total. The number of aryl methyl sites for hydroxylation is 1. The van der Waals surface area contributed by atoms with Gasteiger partial charge in [0.2, 0.25) is 5.91 Å². The van der Waals surface area contributed by atoms with Crippen molar-refractivity contribution < 1.29 is 14.7 Å². The summed E-state index contributed by atoms with van der Waals surface area (Å²) >= 11 is 7.29. The molecule has 0 bridgehead atoms. The van der Waals surface area contributed by atoms with Crippen LogP contribution in [-0.2, 0) is 23.1 Å². The number of carboxylic acids is 1. The Morgan fingerprint density at radius 1 is 1.39 bits per heavy atom. The number of nitrogens with zero attached hydrogens (tertiary/aromatic N) is 3. The normalized spacial score (nSPS) is 17.2. The highest BCUT2D eigenvalue weighted by atomic mass is 35.5. The van der Waals surface area contributed by atoms with Crippen LogP contribution in [0.3, 0.4) is 0 Å². The van der Waals surface area contributed by atoms with E-state index in [1.54, 1.807) is 30.1 Å². The maximum absolute atomic E-state index is 12.7. The molecule has 2 heterocycles. The van der Waals surface area contributed by atoms with Crippen LogP contribution in [0.1, 0.15) is 5.56 Å². The maximum Gasteiger partial charge on any atom is 0.323 e. The zero-order valence-electron chi connectivity index (χ0n) is 12.3. The second kappa shape index (κ2) is 6.25. The lowest BCUT2D eigenvalue weighted by atomic mass is 10.1. The average Bonchev–Trinajstić information content (AvgIpc) is 2.86. The molecule has 1 unspecified atom stereocenters. The zero-order valence-corrected chi connectivity index (χ0v) is 13.8. The van der Waals surface area contributed by atoms with Crippen molar-refractivity contribution in [2.24, 2.45) is 7.05 Å². The number of aromatic nitrogens is 2. The molecule has 0 saturated heterocycles. The number of rotatable bonds is 4. The second-order valence-electron chi connectivity index (χ2n) is 5.25. The Bertz CT molecular complexity index is 760. The molecule has 1 N–H and O–H groups in total. The van der Waals surface area contributed by atoms with E-state index in [4.69, 9.17) is 16.7 Å². The summed E-state index contributed by atoms with van der Waals surface area (Å²) in [4.78, 5) is 25.8. The number of fused-ring (bicyclic) bond motifs is 1. The summed E-state index contributed by atoms with van der Waals surface area (Å²) in [6.45, 7) is -0.388. The van der Waals surface area contributed by atoms with Crippen LogP contribution in [0.25, 0.3) is 0 Å². The summed E-state index contributed by atoms with van der Waals surface area (Å²) in [7, 11) is 1.75. The van der Waals surface area contributed by atoms with Crippen molar-refractivity contribution in [3.05, 3.63) is 41.0 Å². The number of amides is 1. The molecule has 3 rings (SSSR count). The first-order valence-electron chi connectivity index (χ1n) is 6.92. The third-order valence-corrected chi connectivity index (χ3v) is 4.92. The third kappa shape index (κ3) is 3.35. The van der Waals surface area contributed by atoms with Crippen LogP contribution in [0, 0.1) is 0 Å². The predicted octanol–water partition coefficient (Wildman–Crippen LogP) is 2.21. The van der Waals surface area contributed by atoms with E-state index < -0.39 is 5.97 Å². The monoisotopic (exact) mass is 351 g/mol. The molecular weight excluding hydrogens is 338 g/mol. The minimum absolute atomic E-state index is 0.237. The van der Waals surface area contributed by atoms with E-state index in [1.165, 1.54) is 16.7 Å². The van der Waals surface area contributed by atoms with E-state index in [0.717, 1.165) is 10.5 Å². The Kier molecular flexibility index (Phi) is 4.32. The highest BCUT2D eigenvalue weighted by Gasteiger charge is 2.36. The summed E-state index contributed by atoms with van der Waals surface area (Å²) < 4.78 is 1.59. The molecule has 0 fully saturated rings. The lowest BCUT2D eigenvalue weighted by molar-refractivity contribution is -0.136. The molecular formula is C15H14ClN3O3S. The van der Waals surface area contributed by atoms with Gasteiger partial charge in [0.1, 0.15) is 6.54 Å².